The lowest BCUT2D eigenvalue weighted by Gasteiger charge is -2.55. The minimum Gasteiger partial charge on any atom is -0.462 e. The third-order valence-corrected chi connectivity index (χ3v) is 8.13. The van der Waals surface area contributed by atoms with Gasteiger partial charge in [0, 0.05) is 26.2 Å². The maximum Gasteiger partial charge on any atom is 0.312 e. The monoisotopic (exact) mass is 506 g/mol. The summed E-state index contributed by atoms with van der Waals surface area (Å²) in [5, 5.41) is 12.2. The summed E-state index contributed by atoms with van der Waals surface area (Å²) in [7, 11) is 0. The molecule has 0 aromatic heterocycles. The lowest BCUT2D eigenvalue weighted by molar-refractivity contribution is -0.220. The molecule has 0 aromatic carbocycles. The lowest BCUT2D eigenvalue weighted by Crippen LogP contribution is -2.65. The van der Waals surface area contributed by atoms with Gasteiger partial charge in [-0.25, -0.2) is 0 Å². The second-order valence-corrected chi connectivity index (χ2v) is 10.5. The van der Waals surface area contributed by atoms with Crippen molar-refractivity contribution in [2.75, 3.05) is 0 Å². The Kier molecular flexibility index (Phi) is 8.03. The van der Waals surface area contributed by atoms with Crippen molar-refractivity contribution in [2.24, 2.45) is 17.3 Å². The van der Waals surface area contributed by atoms with Crippen LogP contribution in [0.4, 0.5) is 0 Å². The minimum absolute atomic E-state index is 0.143. The predicted octanol–water partition coefficient (Wildman–Crippen LogP) is 3.18. The largest absolute Gasteiger partial charge is 0.462 e. The molecule has 0 spiro atoms. The van der Waals surface area contributed by atoms with Gasteiger partial charge in [-0.3, -0.25) is 19.2 Å². The van der Waals surface area contributed by atoms with Gasteiger partial charge >= 0.3 is 23.9 Å². The van der Waals surface area contributed by atoms with Crippen LogP contribution < -0.4 is 0 Å². The summed E-state index contributed by atoms with van der Waals surface area (Å²) in [6, 6.07) is 0. The van der Waals surface area contributed by atoms with Crippen molar-refractivity contribution >= 4 is 23.9 Å². The quantitative estimate of drug-likeness (QED) is 0.348. The second-order valence-electron chi connectivity index (χ2n) is 10.5. The van der Waals surface area contributed by atoms with E-state index in [9.17, 15) is 24.3 Å². The van der Waals surface area contributed by atoms with Crippen LogP contribution in [-0.2, 0) is 38.1 Å². The lowest BCUT2D eigenvalue weighted by atomic mass is 9.55. The molecule has 1 heterocycles. The van der Waals surface area contributed by atoms with E-state index in [1.165, 1.54) is 20.8 Å². The van der Waals surface area contributed by atoms with E-state index < -0.39 is 71.1 Å². The topological polar surface area (TPSA) is 125 Å². The van der Waals surface area contributed by atoms with Gasteiger partial charge in [-0.05, 0) is 45.6 Å². The summed E-state index contributed by atoms with van der Waals surface area (Å²) in [4.78, 5) is 49.9. The highest BCUT2D eigenvalue weighted by Gasteiger charge is 2.67. The molecular weight excluding hydrogens is 468 g/mol. The summed E-state index contributed by atoms with van der Waals surface area (Å²) in [5.74, 6) is -4.05. The predicted molar refractivity (Wildman–Crippen MR) is 128 cm³/mol. The Morgan fingerprint density at radius 1 is 1.11 bits per heavy atom. The van der Waals surface area contributed by atoms with Crippen LogP contribution in [0.1, 0.15) is 73.6 Å². The summed E-state index contributed by atoms with van der Waals surface area (Å²) < 4.78 is 23.2. The first-order valence-corrected chi connectivity index (χ1v) is 12.6. The van der Waals surface area contributed by atoms with Crippen LogP contribution in [0, 0.1) is 17.3 Å². The van der Waals surface area contributed by atoms with Crippen molar-refractivity contribution < 1.29 is 43.2 Å². The number of aliphatic hydroxyl groups is 1. The molecule has 3 aliphatic rings. The van der Waals surface area contributed by atoms with E-state index in [1.807, 2.05) is 13.8 Å². The highest BCUT2D eigenvalue weighted by molar-refractivity contribution is 5.78. The van der Waals surface area contributed by atoms with Crippen molar-refractivity contribution in [3.8, 4) is 0 Å². The van der Waals surface area contributed by atoms with Crippen LogP contribution >= 0.6 is 0 Å². The molecule has 1 saturated carbocycles. The summed E-state index contributed by atoms with van der Waals surface area (Å²) in [5.41, 5.74) is -1.62. The Balaban J connectivity index is 2.33. The van der Waals surface area contributed by atoms with Gasteiger partial charge < -0.3 is 24.1 Å². The Bertz CT molecular complexity index is 968. The smallest absolute Gasteiger partial charge is 0.312 e. The van der Waals surface area contributed by atoms with Crippen LogP contribution in [-0.4, -0.2) is 59.0 Å². The zero-order valence-electron chi connectivity index (χ0n) is 22.0. The molecule has 36 heavy (non-hydrogen) atoms. The highest BCUT2D eigenvalue weighted by Crippen LogP contribution is 2.56. The minimum atomic E-state index is -1.94. The molecular formula is C27H38O9. The third kappa shape index (κ3) is 4.82. The molecule has 8 atom stereocenters. The molecule has 3 rings (SSSR count). The van der Waals surface area contributed by atoms with Gasteiger partial charge in [0.2, 0.25) is 0 Å². The SMILES string of the molecule is C=C1CC[C@H](OC(C)=O)[C@]2(C)[C@@H](OC(=O)CC)CC/C(C)=C\[C@@H]3OC(=O)[C@H](C)[C@@]3(O)[C@@H](OC(C)=O)[C@@H]12. The molecule has 1 saturated heterocycles. The molecule has 0 amide bonds. The van der Waals surface area contributed by atoms with Gasteiger partial charge in [0.1, 0.15) is 18.3 Å². The van der Waals surface area contributed by atoms with Crippen LogP contribution in [0.25, 0.3) is 0 Å². The zero-order valence-corrected chi connectivity index (χ0v) is 22.0. The first-order valence-electron chi connectivity index (χ1n) is 12.6. The van der Waals surface area contributed by atoms with Crippen molar-refractivity contribution in [1.82, 2.24) is 0 Å². The number of hydrogen-bond donors (Lipinski definition) is 1. The summed E-state index contributed by atoms with van der Waals surface area (Å²) >= 11 is 0. The van der Waals surface area contributed by atoms with Crippen LogP contribution in [0.2, 0.25) is 0 Å². The van der Waals surface area contributed by atoms with Crippen molar-refractivity contribution in [3.63, 3.8) is 0 Å². The Hall–Kier alpha value is -2.68. The molecule has 9 heteroatoms. The third-order valence-electron chi connectivity index (χ3n) is 8.13. The standard InChI is InChI=1S/C27H38O9/c1-8-22(30)35-20-11-9-14(2)13-21-27(32,16(4)25(31)36-21)24(34-18(6)29)23-15(3)10-12-19(26(20,23)7)33-17(5)28/h13,16,19-21,23-24,32H,3,8-12H2,1-2,4-7H3/b14-13-/t16-,19-,20-,21-,23+,24-,26+,27-/m0/s1. The molecule has 1 N–H and O–H groups in total. The molecule has 9 nitrogen and oxygen atoms in total. The van der Waals surface area contributed by atoms with E-state index in [2.05, 4.69) is 6.58 Å². The van der Waals surface area contributed by atoms with Gasteiger partial charge in [-0.1, -0.05) is 31.6 Å². The van der Waals surface area contributed by atoms with E-state index >= 15 is 0 Å². The number of rotatable bonds is 4. The molecule has 2 fully saturated rings. The molecule has 2 aliphatic carbocycles. The maximum absolute atomic E-state index is 12.7. The average Bonchev–Trinajstić information content (AvgIpc) is 3.00. The molecule has 200 valence electrons. The van der Waals surface area contributed by atoms with Gasteiger partial charge in [0.25, 0.3) is 0 Å². The Morgan fingerprint density at radius 3 is 2.28 bits per heavy atom. The Labute approximate surface area is 212 Å². The number of allylic oxidation sites excluding steroid dienone is 1. The van der Waals surface area contributed by atoms with Crippen molar-refractivity contribution in [1.29, 1.82) is 0 Å². The number of carbonyl (C=O) groups excluding carboxylic acids is 4. The molecule has 0 bridgehead atoms. The zero-order chi connectivity index (χ0) is 27.0. The van der Waals surface area contributed by atoms with Crippen LogP contribution in [0.5, 0.6) is 0 Å². The average molecular weight is 507 g/mol. The molecule has 0 radical (unpaired) electrons. The van der Waals surface area contributed by atoms with Gasteiger partial charge in [-0.2, -0.15) is 0 Å². The summed E-state index contributed by atoms with van der Waals surface area (Å²) in [6.45, 7) is 13.7. The van der Waals surface area contributed by atoms with E-state index in [1.54, 1.807) is 13.0 Å². The number of ether oxygens (including phenoxy) is 4. The number of hydrogen-bond acceptors (Lipinski definition) is 9. The fourth-order valence-corrected chi connectivity index (χ4v) is 6.14. The van der Waals surface area contributed by atoms with Crippen LogP contribution in [0.15, 0.2) is 23.8 Å². The number of esters is 4. The fourth-order valence-electron chi connectivity index (χ4n) is 6.14. The number of fused-ring (bicyclic) bond motifs is 2. The molecule has 0 unspecified atom stereocenters. The van der Waals surface area contributed by atoms with E-state index in [4.69, 9.17) is 18.9 Å². The van der Waals surface area contributed by atoms with Crippen molar-refractivity contribution in [3.05, 3.63) is 23.8 Å². The fraction of sp³-hybridized carbons (Fsp3) is 0.704. The molecule has 1 aliphatic heterocycles. The van der Waals surface area contributed by atoms with Gasteiger partial charge in [0.05, 0.1) is 11.3 Å². The van der Waals surface area contributed by atoms with E-state index in [0.29, 0.717) is 31.3 Å². The first kappa shape index (κ1) is 27.9. The van der Waals surface area contributed by atoms with Gasteiger partial charge in [0.15, 0.2) is 11.7 Å². The van der Waals surface area contributed by atoms with Crippen LogP contribution in [0.3, 0.4) is 0 Å². The summed E-state index contributed by atoms with van der Waals surface area (Å²) in [6.07, 6.45) is -0.328. The second kappa shape index (κ2) is 10.4. The van der Waals surface area contributed by atoms with Crippen molar-refractivity contribution in [2.45, 2.75) is 104 Å². The first-order chi connectivity index (χ1) is 16.8. The van der Waals surface area contributed by atoms with Gasteiger partial charge in [-0.15, -0.1) is 0 Å². The number of carbonyl (C=O) groups is 4. The van der Waals surface area contributed by atoms with E-state index in [0.717, 1.165) is 5.57 Å². The van der Waals surface area contributed by atoms with E-state index in [-0.39, 0.29) is 6.42 Å². The maximum atomic E-state index is 12.7. The molecule has 0 aromatic rings. The Morgan fingerprint density at radius 2 is 1.69 bits per heavy atom. The normalized spacial score (nSPS) is 40.0. The highest BCUT2D eigenvalue weighted by atomic mass is 16.6.